The molecule has 0 spiro atoms. The molecule has 3 aromatic rings. The highest BCUT2D eigenvalue weighted by Gasteiger charge is 2.41. The molecule has 0 aliphatic heterocycles. The second-order valence-electron chi connectivity index (χ2n) is 5.55. The van der Waals surface area contributed by atoms with Crippen molar-refractivity contribution in [2.75, 3.05) is 0 Å². The lowest BCUT2D eigenvalue weighted by Crippen LogP contribution is -2.16. The average molecular weight is 439 g/mol. The normalized spacial score (nSPS) is 12.4. The Morgan fingerprint density at radius 1 is 1.00 bits per heavy atom. The van der Waals surface area contributed by atoms with Crippen LogP contribution in [0.3, 0.4) is 0 Å². The van der Waals surface area contributed by atoms with E-state index in [4.69, 9.17) is 16.7 Å². The summed E-state index contributed by atoms with van der Waals surface area (Å²) < 4.78 is 95.3. The lowest BCUT2D eigenvalue weighted by atomic mass is 9.98. The Labute approximate surface area is 159 Å². The number of halogens is 6. The van der Waals surface area contributed by atoms with Gasteiger partial charge in [0, 0.05) is 10.6 Å². The largest absolute Gasteiger partial charge is 0.453 e. The molecular weight excluding hydrogens is 431 g/mol. The van der Waals surface area contributed by atoms with E-state index in [0.717, 1.165) is 0 Å². The number of hydrogen-bond acceptors (Lipinski definition) is 4. The Morgan fingerprint density at radius 3 is 2.00 bits per heavy atom. The van der Waals surface area contributed by atoms with Crippen molar-refractivity contribution in [3.63, 3.8) is 0 Å². The smallest absolute Gasteiger partial charge is 0.350 e. The van der Waals surface area contributed by atoms with Crippen molar-refractivity contribution in [3.8, 4) is 22.4 Å². The predicted molar refractivity (Wildman–Crippen MR) is 88.7 cm³/mol. The molecule has 2 aromatic carbocycles. The SMILES string of the molecule is NS(=O)(=O)c1c(F)cc(-c2c(-c3ccc(Cl)cc3)noc2C(F)(F)F)cc1F. The van der Waals surface area contributed by atoms with Gasteiger partial charge in [-0.05, 0) is 29.8 Å². The fourth-order valence-electron chi connectivity index (χ4n) is 2.53. The zero-order valence-corrected chi connectivity index (χ0v) is 15.0. The van der Waals surface area contributed by atoms with Gasteiger partial charge in [-0.15, -0.1) is 0 Å². The van der Waals surface area contributed by atoms with Crippen molar-refractivity contribution in [1.82, 2.24) is 5.16 Å². The van der Waals surface area contributed by atoms with Gasteiger partial charge in [0.2, 0.25) is 15.8 Å². The molecular formula is C16H8ClF5N2O3S. The first-order valence-electron chi connectivity index (χ1n) is 7.24. The number of nitrogens with two attached hydrogens (primary N) is 1. The van der Waals surface area contributed by atoms with Crippen LogP contribution in [-0.2, 0) is 16.2 Å². The summed E-state index contributed by atoms with van der Waals surface area (Å²) in [6.45, 7) is 0. The van der Waals surface area contributed by atoms with Crippen molar-refractivity contribution in [2.45, 2.75) is 11.1 Å². The molecule has 148 valence electrons. The van der Waals surface area contributed by atoms with E-state index in [9.17, 15) is 30.4 Å². The fraction of sp³-hybridized carbons (Fsp3) is 0.0625. The summed E-state index contributed by atoms with van der Waals surface area (Å²) in [6, 6.07) is 6.21. The maximum Gasteiger partial charge on any atom is 0.453 e. The summed E-state index contributed by atoms with van der Waals surface area (Å²) in [5.41, 5.74) is -1.66. The molecule has 0 unspecified atom stereocenters. The number of rotatable bonds is 3. The first kappa shape index (κ1) is 20.2. The Kier molecular flexibility index (Phi) is 4.94. The quantitative estimate of drug-likeness (QED) is 0.605. The zero-order chi connectivity index (χ0) is 20.9. The van der Waals surface area contributed by atoms with Gasteiger partial charge in [-0.1, -0.05) is 28.9 Å². The molecule has 3 rings (SSSR count). The van der Waals surface area contributed by atoms with E-state index < -0.39 is 49.6 Å². The minimum Gasteiger partial charge on any atom is -0.350 e. The molecule has 0 atom stereocenters. The summed E-state index contributed by atoms with van der Waals surface area (Å²) >= 11 is 5.74. The highest BCUT2D eigenvalue weighted by atomic mass is 35.5. The third-order valence-electron chi connectivity index (χ3n) is 3.64. The number of primary sulfonamides is 1. The Hall–Kier alpha value is -2.50. The standard InChI is InChI=1S/C16H8ClF5N2O3S/c17-9-3-1-7(2-4-9)13-12(15(27-24-13)16(20,21)22)8-5-10(18)14(11(19)6-8)28(23,25)26/h1-6H,(H2,23,25,26). The minimum atomic E-state index is -5.04. The Balaban J connectivity index is 2.32. The van der Waals surface area contributed by atoms with Crippen LogP contribution in [0.25, 0.3) is 22.4 Å². The molecule has 0 aliphatic carbocycles. The molecule has 1 aromatic heterocycles. The second kappa shape index (κ2) is 6.83. The highest BCUT2D eigenvalue weighted by Crippen LogP contribution is 2.43. The molecule has 28 heavy (non-hydrogen) atoms. The van der Waals surface area contributed by atoms with Crippen LogP contribution in [0, 0.1) is 11.6 Å². The van der Waals surface area contributed by atoms with Gasteiger partial charge < -0.3 is 4.52 Å². The van der Waals surface area contributed by atoms with Crippen LogP contribution < -0.4 is 5.14 Å². The minimum absolute atomic E-state index is 0.120. The summed E-state index contributed by atoms with van der Waals surface area (Å²) in [5.74, 6) is -4.93. The van der Waals surface area contributed by atoms with Gasteiger partial charge in [0.25, 0.3) is 0 Å². The lowest BCUT2D eigenvalue weighted by molar-refractivity contribution is -0.154. The number of benzene rings is 2. The Morgan fingerprint density at radius 2 is 1.54 bits per heavy atom. The fourth-order valence-corrected chi connectivity index (χ4v) is 3.32. The van der Waals surface area contributed by atoms with Crippen LogP contribution in [0.2, 0.25) is 5.02 Å². The molecule has 0 bridgehead atoms. The maximum absolute atomic E-state index is 14.2. The topological polar surface area (TPSA) is 86.2 Å². The lowest BCUT2D eigenvalue weighted by Gasteiger charge is -2.10. The van der Waals surface area contributed by atoms with Crippen molar-refractivity contribution in [1.29, 1.82) is 0 Å². The van der Waals surface area contributed by atoms with Gasteiger partial charge in [0.15, 0.2) is 4.90 Å². The van der Waals surface area contributed by atoms with E-state index >= 15 is 0 Å². The molecule has 0 amide bonds. The van der Waals surface area contributed by atoms with Gasteiger partial charge in [0.05, 0.1) is 5.56 Å². The number of alkyl halides is 3. The summed E-state index contributed by atoms with van der Waals surface area (Å²) in [4.78, 5) is -1.46. The molecule has 2 N–H and O–H groups in total. The number of hydrogen-bond donors (Lipinski definition) is 1. The third-order valence-corrected chi connectivity index (χ3v) is 4.85. The Bertz CT molecular complexity index is 1140. The molecule has 1 heterocycles. The molecule has 5 nitrogen and oxygen atoms in total. The van der Waals surface area contributed by atoms with Gasteiger partial charge >= 0.3 is 6.18 Å². The van der Waals surface area contributed by atoms with E-state index in [0.29, 0.717) is 17.2 Å². The van der Waals surface area contributed by atoms with Crippen LogP contribution >= 0.6 is 11.6 Å². The van der Waals surface area contributed by atoms with Crippen LogP contribution in [0.4, 0.5) is 22.0 Å². The maximum atomic E-state index is 14.2. The van der Waals surface area contributed by atoms with Crippen LogP contribution in [0.5, 0.6) is 0 Å². The van der Waals surface area contributed by atoms with Crippen molar-refractivity contribution >= 4 is 21.6 Å². The number of aromatic nitrogens is 1. The van der Waals surface area contributed by atoms with Crippen LogP contribution in [-0.4, -0.2) is 13.6 Å². The first-order valence-corrected chi connectivity index (χ1v) is 9.17. The van der Waals surface area contributed by atoms with Crippen LogP contribution in [0.1, 0.15) is 5.76 Å². The van der Waals surface area contributed by atoms with Gasteiger partial charge in [-0.3, -0.25) is 0 Å². The second-order valence-corrected chi connectivity index (χ2v) is 7.49. The third kappa shape index (κ3) is 3.73. The van der Waals surface area contributed by atoms with Crippen molar-refractivity contribution in [3.05, 3.63) is 58.8 Å². The molecule has 0 saturated heterocycles. The molecule has 12 heteroatoms. The van der Waals surface area contributed by atoms with Gasteiger partial charge in [0.1, 0.15) is 17.3 Å². The highest BCUT2D eigenvalue weighted by molar-refractivity contribution is 7.89. The predicted octanol–water partition coefficient (Wildman–Crippen LogP) is 4.61. The monoisotopic (exact) mass is 438 g/mol. The summed E-state index contributed by atoms with van der Waals surface area (Å²) in [6.07, 6.45) is -5.04. The zero-order valence-electron chi connectivity index (χ0n) is 13.4. The molecule has 0 aliphatic rings. The molecule has 0 radical (unpaired) electrons. The van der Waals surface area contributed by atoms with E-state index in [-0.39, 0.29) is 11.3 Å². The van der Waals surface area contributed by atoms with Gasteiger partial charge in [-0.2, -0.15) is 13.2 Å². The molecule has 0 fully saturated rings. The van der Waals surface area contributed by atoms with Crippen molar-refractivity contribution in [2.24, 2.45) is 5.14 Å². The van der Waals surface area contributed by atoms with E-state index in [2.05, 4.69) is 9.68 Å². The average Bonchev–Trinajstić information content (AvgIpc) is 2.98. The molecule has 0 saturated carbocycles. The van der Waals surface area contributed by atoms with Gasteiger partial charge in [-0.25, -0.2) is 22.3 Å². The summed E-state index contributed by atoms with van der Waals surface area (Å²) in [5, 5.41) is 8.38. The number of sulfonamides is 1. The summed E-state index contributed by atoms with van der Waals surface area (Å²) in [7, 11) is -4.78. The van der Waals surface area contributed by atoms with E-state index in [1.165, 1.54) is 24.3 Å². The van der Waals surface area contributed by atoms with E-state index in [1.807, 2.05) is 0 Å². The van der Waals surface area contributed by atoms with Crippen molar-refractivity contribution < 1.29 is 34.9 Å². The van der Waals surface area contributed by atoms with E-state index in [1.54, 1.807) is 0 Å². The number of nitrogens with zero attached hydrogens (tertiary/aromatic N) is 1. The first-order chi connectivity index (χ1) is 12.9. The van der Waals surface area contributed by atoms with Crippen LogP contribution in [0.15, 0.2) is 45.8 Å².